The summed E-state index contributed by atoms with van der Waals surface area (Å²) in [5.74, 6) is 0. The molecule has 0 aromatic heterocycles. The van der Waals surface area contributed by atoms with Gasteiger partial charge in [-0.25, -0.2) is 13.1 Å². The van der Waals surface area contributed by atoms with E-state index in [1.807, 2.05) is 13.0 Å². The number of nitrogens with zero attached hydrogens (tertiary/aromatic N) is 1. The molecular weight excluding hydrogens is 320 g/mol. The van der Waals surface area contributed by atoms with E-state index in [0.29, 0.717) is 17.0 Å². The normalized spacial score (nSPS) is 12.6. The molecule has 0 aliphatic heterocycles. The van der Waals surface area contributed by atoms with Gasteiger partial charge in [-0.3, -0.25) is 0 Å². The Hall–Kier alpha value is -1.87. The fraction of sp³-hybridized carbons (Fsp3) is 0.188. The molecule has 1 atom stereocenters. The standard InChI is InChI=1S/C16H15ClN2O2S/c1-2-16(13-5-3-12(11-18)4-6-13)19-22(20,21)15-9-7-14(17)8-10-15/h3-10,16,19H,2H2,1H3. The Morgan fingerprint density at radius 2 is 1.73 bits per heavy atom. The fourth-order valence-corrected chi connectivity index (χ4v) is 3.48. The molecule has 0 spiro atoms. The van der Waals surface area contributed by atoms with Crippen LogP contribution in [0.4, 0.5) is 0 Å². The van der Waals surface area contributed by atoms with Gasteiger partial charge in [0.25, 0.3) is 0 Å². The van der Waals surface area contributed by atoms with Gasteiger partial charge in [-0.05, 0) is 48.4 Å². The van der Waals surface area contributed by atoms with Gasteiger partial charge in [-0.1, -0.05) is 30.7 Å². The lowest BCUT2D eigenvalue weighted by Crippen LogP contribution is -2.28. The smallest absolute Gasteiger partial charge is 0.207 e. The van der Waals surface area contributed by atoms with E-state index in [1.165, 1.54) is 12.1 Å². The van der Waals surface area contributed by atoms with Crippen LogP contribution in [0.1, 0.15) is 30.5 Å². The first-order valence-corrected chi connectivity index (χ1v) is 8.60. The van der Waals surface area contributed by atoms with Gasteiger partial charge in [0, 0.05) is 11.1 Å². The van der Waals surface area contributed by atoms with Crippen molar-refractivity contribution in [1.29, 1.82) is 5.26 Å². The van der Waals surface area contributed by atoms with Crippen LogP contribution in [-0.2, 0) is 10.0 Å². The molecule has 2 aromatic rings. The summed E-state index contributed by atoms with van der Waals surface area (Å²) in [5, 5.41) is 9.29. The predicted molar refractivity (Wildman–Crippen MR) is 86.0 cm³/mol. The van der Waals surface area contributed by atoms with Crippen LogP contribution in [0.2, 0.25) is 5.02 Å². The van der Waals surface area contributed by atoms with Gasteiger partial charge < -0.3 is 0 Å². The molecule has 2 aromatic carbocycles. The van der Waals surface area contributed by atoms with Gasteiger partial charge in [0.1, 0.15) is 0 Å². The van der Waals surface area contributed by atoms with Crippen LogP contribution >= 0.6 is 11.6 Å². The summed E-state index contributed by atoms with van der Waals surface area (Å²) in [6, 6.07) is 14.6. The molecule has 0 radical (unpaired) electrons. The fourth-order valence-electron chi connectivity index (χ4n) is 2.05. The molecule has 0 amide bonds. The first-order chi connectivity index (χ1) is 10.5. The van der Waals surface area contributed by atoms with E-state index in [4.69, 9.17) is 16.9 Å². The summed E-state index contributed by atoms with van der Waals surface area (Å²) in [6.45, 7) is 1.90. The maximum absolute atomic E-state index is 12.4. The lowest BCUT2D eigenvalue weighted by molar-refractivity contribution is 0.550. The van der Waals surface area contributed by atoms with Crippen molar-refractivity contribution >= 4 is 21.6 Å². The lowest BCUT2D eigenvalue weighted by atomic mass is 10.0. The van der Waals surface area contributed by atoms with Crippen molar-refractivity contribution < 1.29 is 8.42 Å². The van der Waals surface area contributed by atoms with Gasteiger partial charge in [-0.2, -0.15) is 5.26 Å². The number of benzene rings is 2. The van der Waals surface area contributed by atoms with Crippen LogP contribution in [0.3, 0.4) is 0 Å². The molecule has 0 saturated heterocycles. The molecule has 0 fully saturated rings. The predicted octanol–water partition coefficient (Wildman–Crippen LogP) is 3.64. The second kappa shape index (κ2) is 6.93. The molecule has 1 N–H and O–H groups in total. The average molecular weight is 335 g/mol. The second-order valence-electron chi connectivity index (χ2n) is 4.77. The summed E-state index contributed by atoms with van der Waals surface area (Å²) < 4.78 is 27.5. The van der Waals surface area contributed by atoms with E-state index in [-0.39, 0.29) is 10.9 Å². The third-order valence-corrected chi connectivity index (χ3v) is 5.01. The number of hydrogen-bond acceptors (Lipinski definition) is 3. The van der Waals surface area contributed by atoms with Crippen molar-refractivity contribution in [2.75, 3.05) is 0 Å². The van der Waals surface area contributed by atoms with Crippen LogP contribution in [0.5, 0.6) is 0 Å². The number of nitrogens with one attached hydrogen (secondary N) is 1. The minimum atomic E-state index is -3.63. The zero-order valence-corrected chi connectivity index (χ0v) is 13.5. The molecule has 0 aliphatic rings. The van der Waals surface area contributed by atoms with Crippen LogP contribution < -0.4 is 4.72 Å². The molecule has 2 rings (SSSR count). The van der Waals surface area contributed by atoms with Crippen molar-refractivity contribution in [3.63, 3.8) is 0 Å². The second-order valence-corrected chi connectivity index (χ2v) is 6.92. The highest BCUT2D eigenvalue weighted by atomic mass is 35.5. The Morgan fingerprint density at radius 1 is 1.14 bits per heavy atom. The number of nitriles is 1. The molecule has 0 bridgehead atoms. The Bertz CT molecular complexity index is 778. The maximum atomic E-state index is 12.4. The van der Waals surface area contributed by atoms with Crippen molar-refractivity contribution in [3.8, 4) is 6.07 Å². The zero-order chi connectivity index (χ0) is 16.2. The molecule has 1 unspecified atom stereocenters. The summed E-state index contributed by atoms with van der Waals surface area (Å²) in [5.41, 5.74) is 1.36. The molecule has 0 heterocycles. The van der Waals surface area contributed by atoms with E-state index < -0.39 is 10.0 Å². The third kappa shape index (κ3) is 3.86. The van der Waals surface area contributed by atoms with E-state index in [1.54, 1.807) is 36.4 Å². The van der Waals surface area contributed by atoms with Crippen LogP contribution in [-0.4, -0.2) is 8.42 Å². The summed E-state index contributed by atoms with van der Waals surface area (Å²) in [6.07, 6.45) is 0.596. The first-order valence-electron chi connectivity index (χ1n) is 6.74. The largest absolute Gasteiger partial charge is 0.241 e. The van der Waals surface area contributed by atoms with Crippen molar-refractivity contribution in [2.45, 2.75) is 24.3 Å². The third-order valence-electron chi connectivity index (χ3n) is 3.27. The minimum Gasteiger partial charge on any atom is -0.207 e. The van der Waals surface area contributed by atoms with Gasteiger partial charge in [0.05, 0.1) is 16.5 Å². The van der Waals surface area contributed by atoms with Gasteiger partial charge >= 0.3 is 0 Å². The van der Waals surface area contributed by atoms with E-state index in [2.05, 4.69) is 4.72 Å². The molecule has 4 nitrogen and oxygen atoms in total. The van der Waals surface area contributed by atoms with Crippen LogP contribution in [0.15, 0.2) is 53.4 Å². The van der Waals surface area contributed by atoms with Crippen LogP contribution in [0.25, 0.3) is 0 Å². The topological polar surface area (TPSA) is 70.0 Å². The molecule has 114 valence electrons. The Morgan fingerprint density at radius 3 is 2.23 bits per heavy atom. The highest BCUT2D eigenvalue weighted by Crippen LogP contribution is 2.21. The van der Waals surface area contributed by atoms with Gasteiger partial charge in [0.2, 0.25) is 10.0 Å². The van der Waals surface area contributed by atoms with E-state index >= 15 is 0 Å². The molecule has 6 heteroatoms. The van der Waals surface area contributed by atoms with E-state index in [0.717, 1.165) is 5.56 Å². The number of sulfonamides is 1. The number of halogens is 1. The Labute approximate surface area is 135 Å². The highest BCUT2D eigenvalue weighted by Gasteiger charge is 2.20. The zero-order valence-electron chi connectivity index (χ0n) is 12.0. The molecule has 0 saturated carbocycles. The quantitative estimate of drug-likeness (QED) is 0.907. The van der Waals surface area contributed by atoms with Gasteiger partial charge in [-0.15, -0.1) is 0 Å². The Balaban J connectivity index is 2.25. The van der Waals surface area contributed by atoms with Gasteiger partial charge in [0.15, 0.2) is 0 Å². The summed E-state index contributed by atoms with van der Waals surface area (Å²) in [7, 11) is -3.63. The van der Waals surface area contributed by atoms with Crippen molar-refractivity contribution in [3.05, 3.63) is 64.7 Å². The number of hydrogen-bond donors (Lipinski definition) is 1. The SMILES string of the molecule is CCC(NS(=O)(=O)c1ccc(Cl)cc1)c1ccc(C#N)cc1. The summed E-state index contributed by atoms with van der Waals surface area (Å²) >= 11 is 5.78. The average Bonchev–Trinajstić information content (AvgIpc) is 2.53. The highest BCUT2D eigenvalue weighted by molar-refractivity contribution is 7.89. The minimum absolute atomic E-state index is 0.170. The first kappa shape index (κ1) is 16.5. The maximum Gasteiger partial charge on any atom is 0.241 e. The van der Waals surface area contributed by atoms with Crippen LogP contribution in [0, 0.1) is 11.3 Å². The monoisotopic (exact) mass is 334 g/mol. The summed E-state index contributed by atoms with van der Waals surface area (Å²) in [4.78, 5) is 0.170. The molecular formula is C16H15ClN2O2S. The Kier molecular flexibility index (Phi) is 5.19. The molecule has 0 aliphatic carbocycles. The molecule has 22 heavy (non-hydrogen) atoms. The number of rotatable bonds is 5. The van der Waals surface area contributed by atoms with Crippen molar-refractivity contribution in [1.82, 2.24) is 4.72 Å². The van der Waals surface area contributed by atoms with Crippen molar-refractivity contribution in [2.24, 2.45) is 0 Å². The lowest BCUT2D eigenvalue weighted by Gasteiger charge is -2.17. The van der Waals surface area contributed by atoms with E-state index in [9.17, 15) is 8.42 Å².